The third kappa shape index (κ3) is 3.32. The van der Waals surface area contributed by atoms with E-state index in [0.717, 1.165) is 3.57 Å². The maximum absolute atomic E-state index is 11.2. The summed E-state index contributed by atoms with van der Waals surface area (Å²) in [5.74, 6) is -0.609. The second-order valence-electron chi connectivity index (χ2n) is 4.83. The van der Waals surface area contributed by atoms with Crippen LogP contribution in [0.2, 0.25) is 5.02 Å². The van der Waals surface area contributed by atoms with E-state index < -0.39 is 5.97 Å². The minimum atomic E-state index is -1.10. The summed E-state index contributed by atoms with van der Waals surface area (Å²) in [5, 5.41) is 9.76. The Bertz CT molecular complexity index is 652. The molecule has 0 saturated heterocycles. The summed E-state index contributed by atoms with van der Waals surface area (Å²) < 4.78 is 6.30. The van der Waals surface area contributed by atoms with Crippen LogP contribution in [-0.4, -0.2) is 16.1 Å². The standard InChI is InChI=1S/C14H13ClINO3/c1-7(2)5-11-12(14(18)19)20-13(17-11)8-3-4-10(16)9(15)6-8/h3-4,6-7H,5H2,1-2H3,(H,18,19). The van der Waals surface area contributed by atoms with Crippen LogP contribution in [0.15, 0.2) is 22.6 Å². The van der Waals surface area contributed by atoms with E-state index in [1.807, 2.05) is 26.0 Å². The summed E-state index contributed by atoms with van der Waals surface area (Å²) in [5.41, 5.74) is 1.14. The van der Waals surface area contributed by atoms with Gasteiger partial charge in [-0.15, -0.1) is 0 Å². The zero-order valence-corrected chi connectivity index (χ0v) is 13.9. The molecule has 106 valence electrons. The van der Waals surface area contributed by atoms with Crippen LogP contribution in [0, 0.1) is 9.49 Å². The lowest BCUT2D eigenvalue weighted by molar-refractivity contribution is 0.0661. The van der Waals surface area contributed by atoms with E-state index in [2.05, 4.69) is 27.6 Å². The van der Waals surface area contributed by atoms with Crippen molar-refractivity contribution in [1.82, 2.24) is 4.98 Å². The maximum Gasteiger partial charge on any atom is 0.373 e. The Balaban J connectivity index is 2.46. The molecule has 2 aromatic rings. The number of halogens is 2. The molecule has 2 rings (SSSR count). The summed E-state index contributed by atoms with van der Waals surface area (Å²) in [6.07, 6.45) is 0.559. The molecule has 4 nitrogen and oxygen atoms in total. The van der Waals surface area contributed by atoms with Crippen molar-refractivity contribution in [3.05, 3.63) is 38.2 Å². The zero-order chi connectivity index (χ0) is 14.9. The molecule has 0 fully saturated rings. The van der Waals surface area contributed by atoms with E-state index in [9.17, 15) is 9.90 Å². The molecular weight excluding hydrogens is 393 g/mol. The Morgan fingerprint density at radius 3 is 2.75 bits per heavy atom. The third-order valence-corrected chi connectivity index (χ3v) is 4.23. The van der Waals surface area contributed by atoms with Crippen molar-refractivity contribution < 1.29 is 14.3 Å². The average molecular weight is 406 g/mol. The van der Waals surface area contributed by atoms with Gasteiger partial charge in [-0.05, 0) is 53.1 Å². The molecule has 20 heavy (non-hydrogen) atoms. The van der Waals surface area contributed by atoms with Crippen molar-refractivity contribution in [1.29, 1.82) is 0 Å². The highest BCUT2D eigenvalue weighted by Crippen LogP contribution is 2.28. The molecule has 0 aliphatic rings. The number of hydrogen-bond donors (Lipinski definition) is 1. The Hall–Kier alpha value is -1.08. The van der Waals surface area contributed by atoms with Crippen LogP contribution in [0.25, 0.3) is 11.5 Å². The van der Waals surface area contributed by atoms with Crippen LogP contribution in [0.5, 0.6) is 0 Å². The highest BCUT2D eigenvalue weighted by atomic mass is 127. The van der Waals surface area contributed by atoms with E-state index in [1.54, 1.807) is 6.07 Å². The summed E-state index contributed by atoms with van der Waals surface area (Å²) in [4.78, 5) is 15.5. The lowest BCUT2D eigenvalue weighted by Crippen LogP contribution is -2.03. The lowest BCUT2D eigenvalue weighted by atomic mass is 10.1. The van der Waals surface area contributed by atoms with Gasteiger partial charge in [-0.25, -0.2) is 9.78 Å². The van der Waals surface area contributed by atoms with Crippen molar-refractivity contribution in [2.45, 2.75) is 20.3 Å². The van der Waals surface area contributed by atoms with Crippen LogP contribution in [-0.2, 0) is 6.42 Å². The fourth-order valence-corrected chi connectivity index (χ4v) is 2.31. The van der Waals surface area contributed by atoms with Gasteiger partial charge in [-0.3, -0.25) is 0 Å². The number of hydrogen-bond acceptors (Lipinski definition) is 3. The SMILES string of the molecule is CC(C)Cc1nc(-c2ccc(I)c(Cl)c2)oc1C(=O)O. The third-order valence-electron chi connectivity index (χ3n) is 2.66. The van der Waals surface area contributed by atoms with E-state index in [4.69, 9.17) is 16.0 Å². The number of carbonyl (C=O) groups is 1. The molecule has 0 aliphatic heterocycles. The van der Waals surface area contributed by atoms with E-state index >= 15 is 0 Å². The Labute approximate surface area is 135 Å². The first-order chi connectivity index (χ1) is 9.38. The Morgan fingerprint density at radius 1 is 1.50 bits per heavy atom. The van der Waals surface area contributed by atoms with Crippen molar-refractivity contribution in [2.75, 3.05) is 0 Å². The number of carboxylic acid groups (broad SMARTS) is 1. The topological polar surface area (TPSA) is 63.3 Å². The lowest BCUT2D eigenvalue weighted by Gasteiger charge is -2.00. The van der Waals surface area contributed by atoms with Gasteiger partial charge < -0.3 is 9.52 Å². The maximum atomic E-state index is 11.2. The monoisotopic (exact) mass is 405 g/mol. The Morgan fingerprint density at radius 2 is 2.20 bits per heavy atom. The summed E-state index contributed by atoms with van der Waals surface area (Å²) in [6.45, 7) is 4.00. The number of nitrogens with zero attached hydrogens (tertiary/aromatic N) is 1. The van der Waals surface area contributed by atoms with Gasteiger partial charge in [0.2, 0.25) is 11.7 Å². The number of carboxylic acids is 1. The minimum absolute atomic E-state index is 0.0941. The van der Waals surface area contributed by atoms with Crippen molar-refractivity contribution in [2.24, 2.45) is 5.92 Å². The number of oxazole rings is 1. The van der Waals surface area contributed by atoms with E-state index in [1.165, 1.54) is 0 Å². The van der Waals surface area contributed by atoms with E-state index in [0.29, 0.717) is 28.6 Å². The second kappa shape index (κ2) is 6.13. The molecule has 1 aromatic carbocycles. The van der Waals surface area contributed by atoms with Crippen LogP contribution >= 0.6 is 34.2 Å². The van der Waals surface area contributed by atoms with Gasteiger partial charge in [-0.2, -0.15) is 0 Å². The fourth-order valence-electron chi connectivity index (χ4n) is 1.80. The molecule has 1 aromatic heterocycles. The van der Waals surface area contributed by atoms with Gasteiger partial charge >= 0.3 is 5.97 Å². The number of aromatic carboxylic acids is 1. The van der Waals surface area contributed by atoms with Crippen molar-refractivity contribution in [3.8, 4) is 11.5 Å². The highest BCUT2D eigenvalue weighted by molar-refractivity contribution is 14.1. The van der Waals surface area contributed by atoms with Crippen molar-refractivity contribution in [3.63, 3.8) is 0 Å². The molecule has 0 radical (unpaired) electrons. The molecule has 0 unspecified atom stereocenters. The van der Waals surface area contributed by atoms with Gasteiger partial charge in [0.1, 0.15) is 0 Å². The normalized spacial score (nSPS) is 11.1. The summed E-state index contributed by atoms with van der Waals surface area (Å²) in [7, 11) is 0. The zero-order valence-electron chi connectivity index (χ0n) is 11.0. The molecule has 1 N–H and O–H groups in total. The number of rotatable bonds is 4. The highest BCUT2D eigenvalue weighted by Gasteiger charge is 2.21. The first kappa shape index (κ1) is 15.3. The van der Waals surface area contributed by atoms with Crippen molar-refractivity contribution >= 4 is 40.2 Å². The van der Waals surface area contributed by atoms with Gasteiger partial charge in [0, 0.05) is 9.13 Å². The van der Waals surface area contributed by atoms with Gasteiger partial charge in [0.05, 0.1) is 10.7 Å². The van der Waals surface area contributed by atoms with Crippen LogP contribution < -0.4 is 0 Å². The fraction of sp³-hybridized carbons (Fsp3) is 0.286. The molecule has 0 aliphatic carbocycles. The summed E-state index contributed by atoms with van der Waals surface area (Å²) >= 11 is 8.19. The predicted octanol–water partition coefficient (Wildman–Crippen LogP) is 4.50. The smallest absolute Gasteiger partial charge is 0.373 e. The van der Waals surface area contributed by atoms with Crippen LogP contribution in [0.3, 0.4) is 0 Å². The molecule has 6 heteroatoms. The molecule has 0 saturated carbocycles. The van der Waals surface area contributed by atoms with Gasteiger partial charge in [0.25, 0.3) is 0 Å². The van der Waals surface area contributed by atoms with Crippen LogP contribution in [0.1, 0.15) is 30.1 Å². The quantitative estimate of drug-likeness (QED) is 0.761. The minimum Gasteiger partial charge on any atom is -0.475 e. The first-order valence-electron chi connectivity index (χ1n) is 6.07. The molecular formula is C14H13ClINO3. The second-order valence-corrected chi connectivity index (χ2v) is 6.40. The predicted molar refractivity (Wildman–Crippen MR) is 85.2 cm³/mol. The number of benzene rings is 1. The van der Waals surface area contributed by atoms with Crippen LogP contribution in [0.4, 0.5) is 0 Å². The molecule has 0 spiro atoms. The van der Waals surface area contributed by atoms with Gasteiger partial charge in [-0.1, -0.05) is 25.4 Å². The first-order valence-corrected chi connectivity index (χ1v) is 7.52. The molecule has 0 bridgehead atoms. The average Bonchev–Trinajstić information content (AvgIpc) is 2.76. The largest absolute Gasteiger partial charge is 0.475 e. The van der Waals surface area contributed by atoms with Gasteiger partial charge in [0.15, 0.2) is 0 Å². The Kier molecular flexibility index (Phi) is 4.70. The molecule has 0 atom stereocenters. The molecule has 0 amide bonds. The van der Waals surface area contributed by atoms with E-state index in [-0.39, 0.29) is 11.7 Å². The molecule has 1 heterocycles. The summed E-state index contributed by atoms with van der Waals surface area (Å²) in [6, 6.07) is 5.37. The number of aromatic nitrogens is 1.